The van der Waals surface area contributed by atoms with Gasteiger partial charge in [-0.3, -0.25) is 0 Å². The number of rotatable bonds is 6. The molecule has 1 rings (SSSR count). The van der Waals surface area contributed by atoms with Crippen molar-refractivity contribution < 1.29 is 4.74 Å². The van der Waals surface area contributed by atoms with Crippen molar-refractivity contribution in [3.8, 4) is 0 Å². The zero-order chi connectivity index (χ0) is 12.0. The van der Waals surface area contributed by atoms with Gasteiger partial charge >= 0.3 is 0 Å². The maximum atomic E-state index is 5.64. The van der Waals surface area contributed by atoms with E-state index in [1.54, 1.807) is 6.20 Å². The second-order valence-corrected chi connectivity index (χ2v) is 3.93. The van der Waals surface area contributed by atoms with E-state index in [-0.39, 0.29) is 6.10 Å². The first-order chi connectivity index (χ1) is 7.65. The average Bonchev–Trinajstić information content (AvgIpc) is 2.28. The highest BCUT2D eigenvalue weighted by Crippen LogP contribution is 2.13. The molecule has 2 N–H and O–H groups in total. The van der Waals surface area contributed by atoms with Crippen LogP contribution in [0.15, 0.2) is 12.3 Å². The third kappa shape index (κ3) is 3.75. The van der Waals surface area contributed by atoms with Crippen LogP contribution in [0.1, 0.15) is 19.4 Å². The summed E-state index contributed by atoms with van der Waals surface area (Å²) in [5.74, 6) is 0.831. The van der Waals surface area contributed by atoms with Gasteiger partial charge in [0.15, 0.2) is 5.82 Å². The van der Waals surface area contributed by atoms with Gasteiger partial charge in [0, 0.05) is 25.7 Å². The predicted octanol–water partition coefficient (Wildman–Crippen LogP) is 0.796. The van der Waals surface area contributed by atoms with E-state index >= 15 is 0 Å². The Morgan fingerprint density at radius 3 is 2.88 bits per heavy atom. The lowest BCUT2D eigenvalue weighted by Crippen LogP contribution is -2.26. The van der Waals surface area contributed by atoms with Crippen LogP contribution in [-0.4, -0.2) is 36.5 Å². The van der Waals surface area contributed by atoms with Crippen LogP contribution >= 0.6 is 0 Å². The summed E-state index contributed by atoms with van der Waals surface area (Å²) in [6.07, 6.45) is 1.91. The Kier molecular flexibility index (Phi) is 5.14. The van der Waals surface area contributed by atoms with Crippen molar-refractivity contribution in [1.29, 1.82) is 0 Å². The molecular weight excluding hydrogens is 204 g/mol. The first-order valence-electron chi connectivity index (χ1n) is 5.48. The van der Waals surface area contributed by atoms with Crippen molar-refractivity contribution >= 4 is 5.82 Å². The van der Waals surface area contributed by atoms with Gasteiger partial charge in [-0.15, -0.1) is 5.10 Å². The summed E-state index contributed by atoms with van der Waals surface area (Å²) in [4.78, 5) is 2.01. The minimum Gasteiger partial charge on any atom is -0.377 e. The fraction of sp³-hybridized carbons (Fsp3) is 0.636. The predicted molar refractivity (Wildman–Crippen MR) is 64.3 cm³/mol. The minimum atomic E-state index is 0.254. The van der Waals surface area contributed by atoms with Gasteiger partial charge < -0.3 is 15.4 Å². The molecule has 0 unspecified atom stereocenters. The summed E-state index contributed by atoms with van der Waals surface area (Å²) >= 11 is 0. The number of nitrogens with two attached hydrogens (primary N) is 1. The highest BCUT2D eigenvalue weighted by atomic mass is 16.5. The van der Waals surface area contributed by atoms with Crippen LogP contribution in [-0.2, 0) is 11.3 Å². The third-order valence-corrected chi connectivity index (χ3v) is 2.24. The molecule has 0 spiro atoms. The summed E-state index contributed by atoms with van der Waals surface area (Å²) in [6, 6.07) is 1.89. The molecule has 16 heavy (non-hydrogen) atoms. The van der Waals surface area contributed by atoms with E-state index in [0.29, 0.717) is 13.2 Å². The molecule has 1 aromatic rings. The van der Waals surface area contributed by atoms with Gasteiger partial charge in [0.05, 0.1) is 18.9 Å². The van der Waals surface area contributed by atoms with Crippen molar-refractivity contribution in [2.75, 3.05) is 25.1 Å². The van der Waals surface area contributed by atoms with Gasteiger partial charge in [0.25, 0.3) is 0 Å². The van der Waals surface area contributed by atoms with Crippen LogP contribution in [0.25, 0.3) is 0 Å². The summed E-state index contributed by atoms with van der Waals surface area (Å²) in [7, 11) is 1.97. The molecule has 0 atom stereocenters. The molecule has 5 nitrogen and oxygen atoms in total. The van der Waals surface area contributed by atoms with Crippen LogP contribution < -0.4 is 10.6 Å². The first kappa shape index (κ1) is 12.9. The molecule has 0 amide bonds. The van der Waals surface area contributed by atoms with Crippen molar-refractivity contribution in [3.05, 3.63) is 17.8 Å². The van der Waals surface area contributed by atoms with E-state index in [4.69, 9.17) is 10.5 Å². The molecular formula is C11H20N4O. The van der Waals surface area contributed by atoms with Gasteiger partial charge in [0.1, 0.15) is 0 Å². The zero-order valence-electron chi connectivity index (χ0n) is 10.2. The number of hydrogen-bond donors (Lipinski definition) is 1. The van der Waals surface area contributed by atoms with E-state index in [2.05, 4.69) is 10.2 Å². The highest BCUT2D eigenvalue weighted by molar-refractivity contribution is 5.44. The van der Waals surface area contributed by atoms with E-state index in [9.17, 15) is 0 Å². The van der Waals surface area contributed by atoms with Crippen LogP contribution in [0.3, 0.4) is 0 Å². The van der Waals surface area contributed by atoms with Gasteiger partial charge in [-0.25, -0.2) is 0 Å². The Morgan fingerprint density at radius 1 is 1.50 bits per heavy atom. The number of aromatic nitrogens is 2. The van der Waals surface area contributed by atoms with Crippen LogP contribution in [0.5, 0.6) is 0 Å². The molecule has 0 radical (unpaired) electrons. The minimum absolute atomic E-state index is 0.254. The molecule has 0 aliphatic rings. The standard InChI is InChI=1S/C11H20N4O/c1-9(2)16-7-6-15(3)11-10(8-12)4-5-13-14-11/h4-5,9H,6-8,12H2,1-3H3. The molecule has 0 aromatic carbocycles. The maximum Gasteiger partial charge on any atom is 0.155 e. The number of hydrogen-bond acceptors (Lipinski definition) is 5. The zero-order valence-corrected chi connectivity index (χ0v) is 10.2. The fourth-order valence-electron chi connectivity index (χ4n) is 1.36. The first-order valence-corrected chi connectivity index (χ1v) is 5.48. The maximum absolute atomic E-state index is 5.64. The topological polar surface area (TPSA) is 64.3 Å². The summed E-state index contributed by atoms with van der Waals surface area (Å²) in [5.41, 5.74) is 6.64. The molecule has 1 heterocycles. The van der Waals surface area contributed by atoms with Gasteiger partial charge in [-0.2, -0.15) is 5.10 Å². The van der Waals surface area contributed by atoms with E-state index in [0.717, 1.165) is 17.9 Å². The van der Waals surface area contributed by atoms with Crippen LogP contribution in [0, 0.1) is 0 Å². The largest absolute Gasteiger partial charge is 0.377 e. The Bertz CT molecular complexity index is 317. The van der Waals surface area contributed by atoms with Crippen molar-refractivity contribution in [1.82, 2.24) is 10.2 Å². The lowest BCUT2D eigenvalue weighted by molar-refractivity contribution is 0.0845. The molecule has 90 valence electrons. The van der Waals surface area contributed by atoms with Crippen LogP contribution in [0.4, 0.5) is 5.82 Å². The van der Waals surface area contributed by atoms with Gasteiger partial charge in [0.2, 0.25) is 0 Å². The molecule has 0 saturated carbocycles. The lowest BCUT2D eigenvalue weighted by Gasteiger charge is -2.20. The quantitative estimate of drug-likeness (QED) is 0.774. The average molecular weight is 224 g/mol. The lowest BCUT2D eigenvalue weighted by atomic mass is 10.2. The van der Waals surface area contributed by atoms with E-state index in [1.807, 2.05) is 31.9 Å². The smallest absolute Gasteiger partial charge is 0.155 e. The summed E-state index contributed by atoms with van der Waals surface area (Å²) in [6.45, 7) is 5.97. The second-order valence-electron chi connectivity index (χ2n) is 3.93. The molecule has 0 aliphatic heterocycles. The number of anilines is 1. The van der Waals surface area contributed by atoms with Crippen molar-refractivity contribution in [2.45, 2.75) is 26.5 Å². The fourth-order valence-corrected chi connectivity index (χ4v) is 1.36. The van der Waals surface area contributed by atoms with Crippen LogP contribution in [0.2, 0.25) is 0 Å². The second kappa shape index (κ2) is 6.40. The van der Waals surface area contributed by atoms with Gasteiger partial charge in [-0.05, 0) is 19.9 Å². The van der Waals surface area contributed by atoms with E-state index < -0.39 is 0 Å². The number of nitrogens with zero attached hydrogens (tertiary/aromatic N) is 3. The number of ether oxygens (including phenoxy) is 1. The number of likely N-dealkylation sites (N-methyl/N-ethyl adjacent to an activating group) is 1. The van der Waals surface area contributed by atoms with E-state index in [1.165, 1.54) is 0 Å². The SMILES string of the molecule is CC(C)OCCN(C)c1nnccc1CN. The van der Waals surface area contributed by atoms with Gasteiger partial charge in [-0.1, -0.05) is 0 Å². The Morgan fingerprint density at radius 2 is 2.25 bits per heavy atom. The summed E-state index contributed by atoms with van der Waals surface area (Å²) in [5, 5.41) is 7.96. The molecule has 0 saturated heterocycles. The third-order valence-electron chi connectivity index (χ3n) is 2.24. The van der Waals surface area contributed by atoms with Crippen molar-refractivity contribution in [3.63, 3.8) is 0 Å². The Labute approximate surface area is 96.6 Å². The summed E-state index contributed by atoms with van der Waals surface area (Å²) < 4.78 is 5.49. The molecule has 0 fully saturated rings. The molecule has 0 bridgehead atoms. The van der Waals surface area contributed by atoms with Crippen molar-refractivity contribution in [2.24, 2.45) is 5.73 Å². The molecule has 1 aromatic heterocycles. The highest BCUT2D eigenvalue weighted by Gasteiger charge is 2.08. The molecule has 5 heteroatoms. The monoisotopic (exact) mass is 224 g/mol. The normalized spacial score (nSPS) is 10.8. The Balaban J connectivity index is 2.55. The molecule has 0 aliphatic carbocycles. The Hall–Kier alpha value is -1.20.